The van der Waals surface area contributed by atoms with Gasteiger partial charge in [0.1, 0.15) is 11.6 Å². The first-order valence-electron chi connectivity index (χ1n) is 10.5. The summed E-state index contributed by atoms with van der Waals surface area (Å²) in [6.45, 7) is 5.87. The molecule has 0 radical (unpaired) electrons. The van der Waals surface area contributed by atoms with E-state index in [1.165, 1.54) is 12.1 Å². The van der Waals surface area contributed by atoms with Crippen LogP contribution in [0.3, 0.4) is 0 Å². The summed E-state index contributed by atoms with van der Waals surface area (Å²) in [6, 6.07) is 20.0. The number of rotatable bonds is 5. The number of imidazole rings is 1. The Morgan fingerprint density at radius 3 is 2.28 bits per heavy atom. The molecule has 4 nitrogen and oxygen atoms in total. The van der Waals surface area contributed by atoms with E-state index < -0.39 is 5.41 Å². The molecule has 0 saturated heterocycles. The van der Waals surface area contributed by atoms with Crippen LogP contribution in [0, 0.1) is 12.7 Å². The second kappa shape index (κ2) is 8.42. The Bertz CT molecular complexity index is 1230. The van der Waals surface area contributed by atoms with Crippen molar-refractivity contribution in [2.45, 2.75) is 26.2 Å². The van der Waals surface area contributed by atoms with E-state index in [1.54, 1.807) is 36.5 Å². The lowest BCUT2D eigenvalue weighted by Gasteiger charge is -2.32. The van der Waals surface area contributed by atoms with E-state index in [0.29, 0.717) is 5.82 Å². The molecule has 0 aliphatic rings. The lowest BCUT2D eigenvalue weighted by Crippen LogP contribution is -2.41. The fraction of sp³-hybridized carbons (Fsp3) is 0.185. The number of aromatic amines is 1. The fourth-order valence-corrected chi connectivity index (χ4v) is 4.10. The maximum absolute atomic E-state index is 13.7. The van der Waals surface area contributed by atoms with Gasteiger partial charge in [-0.3, -0.25) is 4.79 Å². The average molecular weight is 428 g/mol. The molecule has 0 aliphatic carbocycles. The van der Waals surface area contributed by atoms with Crippen LogP contribution in [0.5, 0.6) is 0 Å². The summed E-state index contributed by atoms with van der Waals surface area (Å²) in [5.41, 5.74) is 4.49. The van der Waals surface area contributed by atoms with Crippen LogP contribution >= 0.6 is 0 Å². The lowest BCUT2D eigenvalue weighted by atomic mass is 9.82. The quantitative estimate of drug-likeness (QED) is 0.416. The van der Waals surface area contributed by atoms with Crippen LogP contribution in [0.25, 0.3) is 22.5 Å². The smallest absolute Gasteiger partial charge is 0.236 e. The minimum Gasteiger partial charge on any atom is -0.345 e. The van der Waals surface area contributed by atoms with Crippen molar-refractivity contribution in [1.82, 2.24) is 9.97 Å². The molecule has 0 saturated carbocycles. The van der Waals surface area contributed by atoms with Crippen molar-refractivity contribution in [2.24, 2.45) is 0 Å². The van der Waals surface area contributed by atoms with Gasteiger partial charge in [0, 0.05) is 30.6 Å². The topological polar surface area (TPSA) is 49.0 Å². The molecule has 1 aromatic heterocycles. The zero-order chi connectivity index (χ0) is 22.9. The van der Waals surface area contributed by atoms with E-state index in [0.717, 1.165) is 33.5 Å². The Balaban J connectivity index is 1.90. The van der Waals surface area contributed by atoms with Gasteiger partial charge in [-0.05, 0) is 55.7 Å². The number of halogens is 1. The Morgan fingerprint density at radius 2 is 1.66 bits per heavy atom. The van der Waals surface area contributed by atoms with Crippen LogP contribution in [-0.4, -0.2) is 22.9 Å². The number of aryl methyl sites for hydroxylation is 1. The molecular weight excluding hydrogens is 401 g/mol. The zero-order valence-corrected chi connectivity index (χ0v) is 18.7. The second-order valence-electron chi connectivity index (χ2n) is 8.45. The molecule has 4 rings (SSSR count). The van der Waals surface area contributed by atoms with E-state index in [4.69, 9.17) is 0 Å². The molecule has 0 atom stereocenters. The largest absolute Gasteiger partial charge is 0.345 e. The summed E-state index contributed by atoms with van der Waals surface area (Å²) in [5.74, 6) is 0.352. The fourth-order valence-electron chi connectivity index (χ4n) is 4.10. The molecule has 1 N–H and O–H groups in total. The molecule has 0 bridgehead atoms. The van der Waals surface area contributed by atoms with E-state index in [1.807, 2.05) is 63.2 Å². The summed E-state index contributed by atoms with van der Waals surface area (Å²) in [4.78, 5) is 23.1. The molecule has 0 unspecified atom stereocenters. The average Bonchev–Trinajstić information content (AvgIpc) is 3.33. The Labute approximate surface area is 187 Å². The zero-order valence-electron chi connectivity index (χ0n) is 18.7. The molecule has 0 aliphatic heterocycles. The Kier molecular flexibility index (Phi) is 5.66. The summed E-state index contributed by atoms with van der Waals surface area (Å²) in [5, 5.41) is 0. The first kappa shape index (κ1) is 21.5. The number of nitrogens with one attached hydrogen (secondary N) is 1. The van der Waals surface area contributed by atoms with Crippen LogP contribution < -0.4 is 4.90 Å². The van der Waals surface area contributed by atoms with Crippen molar-refractivity contribution < 1.29 is 9.18 Å². The number of aromatic nitrogens is 2. The van der Waals surface area contributed by atoms with E-state index in [-0.39, 0.29) is 11.7 Å². The highest BCUT2D eigenvalue weighted by atomic mass is 19.1. The van der Waals surface area contributed by atoms with Gasteiger partial charge in [0.15, 0.2) is 0 Å². The number of carbonyl (C=O) groups is 1. The van der Waals surface area contributed by atoms with Gasteiger partial charge in [0.25, 0.3) is 0 Å². The number of amides is 1. The van der Waals surface area contributed by atoms with Gasteiger partial charge in [-0.15, -0.1) is 0 Å². The van der Waals surface area contributed by atoms with Crippen molar-refractivity contribution in [3.8, 4) is 22.5 Å². The first-order chi connectivity index (χ1) is 15.3. The van der Waals surface area contributed by atoms with Gasteiger partial charge < -0.3 is 9.88 Å². The Hall–Kier alpha value is -3.73. The highest BCUT2D eigenvalue weighted by Gasteiger charge is 2.34. The molecule has 4 aromatic rings. The molecule has 32 heavy (non-hydrogen) atoms. The van der Waals surface area contributed by atoms with Crippen molar-refractivity contribution in [1.29, 1.82) is 0 Å². The van der Waals surface area contributed by atoms with Crippen LogP contribution in [0.4, 0.5) is 10.1 Å². The standard InChI is InChI=1S/C27H26FN3O/c1-18-10-15-22(31(4)26(32)27(2,3)20-8-6-5-7-9-20)24(19-11-13-21(28)14-12-19)23(18)25-29-16-17-30-25/h5-17H,1-4H3,(H,29,30). The van der Waals surface area contributed by atoms with Crippen molar-refractivity contribution in [3.05, 3.63) is 96.1 Å². The van der Waals surface area contributed by atoms with E-state index in [2.05, 4.69) is 9.97 Å². The third-order valence-electron chi connectivity index (χ3n) is 5.96. The van der Waals surface area contributed by atoms with Crippen LogP contribution in [0.2, 0.25) is 0 Å². The molecule has 1 amide bonds. The van der Waals surface area contributed by atoms with Gasteiger partial charge in [-0.1, -0.05) is 48.5 Å². The Morgan fingerprint density at radius 1 is 0.969 bits per heavy atom. The number of benzene rings is 3. The summed E-state index contributed by atoms with van der Waals surface area (Å²) >= 11 is 0. The molecular formula is C27H26FN3O. The number of nitrogens with zero attached hydrogens (tertiary/aromatic N) is 2. The molecule has 5 heteroatoms. The van der Waals surface area contributed by atoms with E-state index >= 15 is 0 Å². The lowest BCUT2D eigenvalue weighted by molar-refractivity contribution is -0.122. The number of hydrogen-bond donors (Lipinski definition) is 1. The summed E-state index contributed by atoms with van der Waals surface area (Å²) in [6.07, 6.45) is 3.46. The highest BCUT2D eigenvalue weighted by Crippen LogP contribution is 2.41. The van der Waals surface area contributed by atoms with Gasteiger partial charge >= 0.3 is 0 Å². The molecule has 0 fully saturated rings. The van der Waals surface area contributed by atoms with Gasteiger partial charge in [0.2, 0.25) is 5.91 Å². The van der Waals surface area contributed by atoms with Gasteiger partial charge in [-0.25, -0.2) is 9.37 Å². The summed E-state index contributed by atoms with van der Waals surface area (Å²) in [7, 11) is 1.79. The molecule has 1 heterocycles. The number of H-pyrrole nitrogens is 1. The predicted molar refractivity (Wildman–Crippen MR) is 127 cm³/mol. The van der Waals surface area contributed by atoms with Crippen molar-refractivity contribution >= 4 is 11.6 Å². The molecule has 0 spiro atoms. The third kappa shape index (κ3) is 3.82. The molecule has 162 valence electrons. The number of hydrogen-bond acceptors (Lipinski definition) is 2. The maximum atomic E-state index is 13.7. The van der Waals surface area contributed by atoms with Crippen molar-refractivity contribution in [2.75, 3.05) is 11.9 Å². The maximum Gasteiger partial charge on any atom is 0.236 e. The number of carbonyl (C=O) groups excluding carboxylic acids is 1. The third-order valence-corrected chi connectivity index (χ3v) is 5.96. The minimum atomic E-state index is -0.730. The predicted octanol–water partition coefficient (Wildman–Crippen LogP) is 6.13. The summed E-state index contributed by atoms with van der Waals surface area (Å²) < 4.78 is 13.7. The first-order valence-corrected chi connectivity index (χ1v) is 10.5. The molecule has 3 aromatic carbocycles. The number of anilines is 1. The van der Waals surface area contributed by atoms with Crippen molar-refractivity contribution in [3.63, 3.8) is 0 Å². The minimum absolute atomic E-state index is 0.0405. The van der Waals surface area contributed by atoms with Gasteiger partial charge in [0.05, 0.1) is 11.1 Å². The van der Waals surface area contributed by atoms with E-state index in [9.17, 15) is 9.18 Å². The van der Waals surface area contributed by atoms with Crippen LogP contribution in [0.1, 0.15) is 25.0 Å². The number of likely N-dealkylation sites (N-methyl/N-ethyl adjacent to an activating group) is 1. The monoisotopic (exact) mass is 427 g/mol. The van der Waals surface area contributed by atoms with Crippen LogP contribution in [-0.2, 0) is 10.2 Å². The van der Waals surface area contributed by atoms with Gasteiger partial charge in [-0.2, -0.15) is 0 Å². The normalized spacial score (nSPS) is 11.4. The highest BCUT2D eigenvalue weighted by molar-refractivity contribution is 6.05. The second-order valence-corrected chi connectivity index (χ2v) is 8.45. The SMILES string of the molecule is Cc1ccc(N(C)C(=O)C(C)(C)c2ccccc2)c(-c2ccc(F)cc2)c1-c1ncc[nH]1. The van der Waals surface area contributed by atoms with Crippen LogP contribution in [0.15, 0.2) is 79.1 Å².